The minimum Gasteiger partial charge on any atom is -0.481 e. The van der Waals surface area contributed by atoms with Crippen molar-refractivity contribution in [3.05, 3.63) is 59.2 Å². The highest BCUT2D eigenvalue weighted by Crippen LogP contribution is 2.46. The zero-order chi connectivity index (χ0) is 24.4. The minimum absolute atomic E-state index is 0.0605. The summed E-state index contributed by atoms with van der Waals surface area (Å²) in [5, 5.41) is 17.3. The van der Waals surface area contributed by atoms with Crippen molar-refractivity contribution in [3.63, 3.8) is 0 Å². The van der Waals surface area contributed by atoms with Gasteiger partial charge in [-0.05, 0) is 43.0 Å². The van der Waals surface area contributed by atoms with E-state index < -0.39 is 34.8 Å². The van der Waals surface area contributed by atoms with Gasteiger partial charge in [0.2, 0.25) is 0 Å². The van der Waals surface area contributed by atoms with Crippen LogP contribution in [-0.2, 0) is 9.53 Å². The quantitative estimate of drug-likeness (QED) is 0.404. The summed E-state index contributed by atoms with van der Waals surface area (Å²) in [6.07, 6.45) is 1.75. The maximum Gasteiger partial charge on any atom is 0.311 e. The Labute approximate surface area is 193 Å². The van der Waals surface area contributed by atoms with E-state index in [9.17, 15) is 18.7 Å². The van der Waals surface area contributed by atoms with E-state index in [1.165, 1.54) is 12.3 Å². The molecule has 0 amide bonds. The van der Waals surface area contributed by atoms with Gasteiger partial charge in [-0.3, -0.25) is 9.89 Å². The fourth-order valence-corrected chi connectivity index (χ4v) is 5.16. The number of hydrogen-bond donors (Lipinski definition) is 2. The Bertz CT molecular complexity index is 1440. The van der Waals surface area contributed by atoms with Crippen molar-refractivity contribution in [2.24, 2.45) is 5.41 Å². The number of rotatable bonds is 4. The highest BCUT2D eigenvalue weighted by molar-refractivity contribution is 6.00. The van der Waals surface area contributed by atoms with Gasteiger partial charge in [-0.1, -0.05) is 13.8 Å². The molecule has 4 aromatic rings. The molecule has 0 unspecified atom stereocenters. The topological polar surface area (TPSA) is 80.1 Å². The third kappa shape index (κ3) is 3.29. The monoisotopic (exact) mass is 471 g/mol. The van der Waals surface area contributed by atoms with Crippen LogP contribution in [0.3, 0.4) is 0 Å². The van der Waals surface area contributed by atoms with Crippen LogP contribution in [0.4, 0.5) is 13.2 Å². The number of carbonyl (C=O) groups is 1. The number of H-pyrrole nitrogens is 1. The van der Waals surface area contributed by atoms with E-state index in [1.54, 1.807) is 17.6 Å². The average Bonchev–Trinajstić information content (AvgIpc) is 3.39. The summed E-state index contributed by atoms with van der Waals surface area (Å²) in [6.45, 7) is 5.76. The van der Waals surface area contributed by atoms with Crippen LogP contribution in [0.1, 0.15) is 50.3 Å². The first-order chi connectivity index (χ1) is 16.1. The molecule has 34 heavy (non-hydrogen) atoms. The van der Waals surface area contributed by atoms with Gasteiger partial charge in [-0.25, -0.2) is 13.2 Å². The van der Waals surface area contributed by atoms with E-state index in [-0.39, 0.29) is 31.1 Å². The largest absolute Gasteiger partial charge is 0.481 e. The first-order valence-electron chi connectivity index (χ1n) is 11.1. The van der Waals surface area contributed by atoms with Gasteiger partial charge in [0.05, 0.1) is 30.3 Å². The average molecular weight is 471 g/mol. The number of nitrogens with one attached hydrogen (secondary N) is 1. The fraction of sp³-hybridized carbons (Fsp3) is 0.360. The third-order valence-electron chi connectivity index (χ3n) is 6.75. The Kier molecular flexibility index (Phi) is 5.20. The number of nitrogens with zero attached hydrogens (tertiary/aromatic N) is 2. The van der Waals surface area contributed by atoms with Crippen molar-refractivity contribution < 1.29 is 27.8 Å². The molecule has 5 rings (SSSR count). The molecule has 2 aromatic heterocycles. The van der Waals surface area contributed by atoms with Crippen molar-refractivity contribution in [2.45, 2.75) is 39.0 Å². The lowest BCUT2D eigenvalue weighted by Crippen LogP contribution is -2.40. The minimum atomic E-state index is -1.14. The smallest absolute Gasteiger partial charge is 0.311 e. The normalized spacial score (nSPS) is 21.1. The summed E-state index contributed by atoms with van der Waals surface area (Å²) in [7, 11) is 0. The second-order valence-electron chi connectivity index (χ2n) is 9.59. The molecule has 0 spiro atoms. The Hall–Kier alpha value is -3.33. The van der Waals surface area contributed by atoms with Gasteiger partial charge >= 0.3 is 5.97 Å². The fourth-order valence-electron chi connectivity index (χ4n) is 5.16. The molecular weight excluding hydrogens is 447 g/mol. The predicted octanol–water partition coefficient (Wildman–Crippen LogP) is 5.64. The summed E-state index contributed by atoms with van der Waals surface area (Å²) in [5.74, 6) is -4.07. The summed E-state index contributed by atoms with van der Waals surface area (Å²) >= 11 is 0. The van der Waals surface area contributed by atoms with Gasteiger partial charge in [0.1, 0.15) is 5.52 Å². The van der Waals surface area contributed by atoms with Gasteiger partial charge in [0.25, 0.3) is 0 Å². The van der Waals surface area contributed by atoms with Crippen LogP contribution in [0.2, 0.25) is 0 Å². The molecule has 6 nitrogen and oxygen atoms in total. The Morgan fingerprint density at radius 1 is 1.26 bits per heavy atom. The highest BCUT2D eigenvalue weighted by Gasteiger charge is 2.42. The number of fused-ring (bicyclic) bond motifs is 2. The standard InChI is InChI=1S/C25H24F3N3O3/c1-12(2)23-19(14-8-25(3,24(32)33)11-34-10-14)20-18(6-13-9-29-30-22(13)21(20)28)31(23)15-4-5-16(26)17(27)7-15/h4-7,9,12,14H,8,10-11H2,1-3H3,(H,29,30)(H,32,33)/t14-,25-/m1/s1. The molecule has 1 aliphatic rings. The van der Waals surface area contributed by atoms with Crippen LogP contribution in [0.15, 0.2) is 30.5 Å². The second kappa shape index (κ2) is 7.87. The van der Waals surface area contributed by atoms with E-state index in [0.29, 0.717) is 33.2 Å². The number of aliphatic carboxylic acids is 1. The second-order valence-corrected chi connectivity index (χ2v) is 9.59. The van der Waals surface area contributed by atoms with Crippen LogP contribution in [0.5, 0.6) is 0 Å². The first-order valence-corrected chi connectivity index (χ1v) is 11.1. The summed E-state index contributed by atoms with van der Waals surface area (Å²) < 4.78 is 51.5. The lowest BCUT2D eigenvalue weighted by atomic mass is 9.76. The molecule has 3 heterocycles. The molecule has 1 fully saturated rings. The number of benzene rings is 2. The summed E-state index contributed by atoms with van der Waals surface area (Å²) in [6, 6.07) is 5.33. The van der Waals surface area contributed by atoms with Crippen LogP contribution in [0, 0.1) is 22.9 Å². The molecule has 1 aliphatic heterocycles. The molecule has 2 N–H and O–H groups in total. The van der Waals surface area contributed by atoms with Gasteiger partial charge in [0, 0.05) is 34.1 Å². The number of aromatic nitrogens is 3. The molecule has 0 radical (unpaired) electrons. The molecule has 2 aromatic carbocycles. The SMILES string of the molecule is CC(C)c1c([C@H]2COC[C@](C)(C(=O)O)C2)c2c(F)c3[nH]ncc3cc2n1-c1ccc(F)c(F)c1. The van der Waals surface area contributed by atoms with E-state index in [2.05, 4.69) is 10.2 Å². The maximum absolute atomic E-state index is 16.0. The van der Waals surface area contributed by atoms with Gasteiger partial charge in [-0.2, -0.15) is 5.10 Å². The van der Waals surface area contributed by atoms with E-state index in [1.807, 2.05) is 13.8 Å². The van der Waals surface area contributed by atoms with Crippen molar-refractivity contribution >= 4 is 27.8 Å². The molecule has 2 atom stereocenters. The number of aromatic amines is 1. The summed E-state index contributed by atoms with van der Waals surface area (Å²) in [4.78, 5) is 12.0. The molecule has 9 heteroatoms. The van der Waals surface area contributed by atoms with Gasteiger partial charge in [0.15, 0.2) is 17.5 Å². The lowest BCUT2D eigenvalue weighted by Gasteiger charge is -2.35. The number of hydrogen-bond acceptors (Lipinski definition) is 3. The Morgan fingerprint density at radius 2 is 2.03 bits per heavy atom. The van der Waals surface area contributed by atoms with E-state index in [0.717, 1.165) is 12.1 Å². The van der Waals surface area contributed by atoms with Crippen molar-refractivity contribution in [3.8, 4) is 5.69 Å². The number of carboxylic acid groups (broad SMARTS) is 1. The van der Waals surface area contributed by atoms with Crippen LogP contribution in [-0.4, -0.2) is 39.1 Å². The molecule has 178 valence electrons. The molecule has 1 saturated heterocycles. The van der Waals surface area contributed by atoms with Crippen LogP contribution >= 0.6 is 0 Å². The zero-order valence-electron chi connectivity index (χ0n) is 19.0. The number of carboxylic acids is 1. The van der Waals surface area contributed by atoms with E-state index >= 15 is 4.39 Å². The van der Waals surface area contributed by atoms with Crippen molar-refractivity contribution in [1.82, 2.24) is 14.8 Å². The van der Waals surface area contributed by atoms with Crippen molar-refractivity contribution in [2.75, 3.05) is 13.2 Å². The zero-order valence-corrected chi connectivity index (χ0v) is 19.0. The van der Waals surface area contributed by atoms with Gasteiger partial charge in [-0.15, -0.1) is 0 Å². The molecule has 0 bridgehead atoms. The molecular formula is C25H24F3N3O3. The van der Waals surface area contributed by atoms with Crippen LogP contribution in [0.25, 0.3) is 27.5 Å². The summed E-state index contributed by atoms with van der Waals surface area (Å²) in [5.41, 5.74) is 1.23. The lowest BCUT2D eigenvalue weighted by molar-refractivity contribution is -0.156. The predicted molar refractivity (Wildman–Crippen MR) is 121 cm³/mol. The van der Waals surface area contributed by atoms with E-state index in [4.69, 9.17) is 4.74 Å². The van der Waals surface area contributed by atoms with Crippen molar-refractivity contribution in [1.29, 1.82) is 0 Å². The Morgan fingerprint density at radius 3 is 2.71 bits per heavy atom. The third-order valence-corrected chi connectivity index (χ3v) is 6.75. The molecule has 0 aliphatic carbocycles. The number of ether oxygens (including phenoxy) is 1. The van der Waals surface area contributed by atoms with Crippen LogP contribution < -0.4 is 0 Å². The maximum atomic E-state index is 16.0. The molecule has 0 saturated carbocycles. The Balaban J connectivity index is 1.88. The van der Waals surface area contributed by atoms with Gasteiger partial charge < -0.3 is 14.4 Å². The first kappa shape index (κ1) is 22.5. The number of halogens is 3. The highest BCUT2D eigenvalue weighted by atomic mass is 19.2.